The smallest absolute Gasteiger partial charge is 0.128 e. The minimum Gasteiger partial charge on any atom is -0.271 e. The fraction of sp³-hybridized carbons (Fsp3) is 0.0909. The van der Waals surface area contributed by atoms with Gasteiger partial charge in [-0.15, -0.1) is 11.3 Å². The van der Waals surface area contributed by atoms with Gasteiger partial charge in [-0.05, 0) is 18.2 Å². The summed E-state index contributed by atoms with van der Waals surface area (Å²) in [5, 5.41) is 0. The van der Waals surface area contributed by atoms with E-state index in [1.807, 2.05) is 6.07 Å². The van der Waals surface area contributed by atoms with Gasteiger partial charge in [0, 0.05) is 10.4 Å². The highest BCUT2D eigenvalue weighted by Crippen LogP contribution is 2.31. The van der Waals surface area contributed by atoms with E-state index in [0.717, 1.165) is 4.88 Å². The summed E-state index contributed by atoms with van der Waals surface area (Å²) in [5.74, 6) is 5.18. The van der Waals surface area contributed by atoms with Crippen molar-refractivity contribution in [3.8, 4) is 0 Å². The lowest BCUT2D eigenvalue weighted by atomic mass is 10.1. The van der Waals surface area contributed by atoms with Gasteiger partial charge in [-0.1, -0.05) is 29.8 Å². The maximum absolute atomic E-state index is 13.6. The van der Waals surface area contributed by atoms with Gasteiger partial charge in [0.1, 0.15) is 5.82 Å². The van der Waals surface area contributed by atoms with Gasteiger partial charge in [-0.2, -0.15) is 0 Å². The van der Waals surface area contributed by atoms with Crippen molar-refractivity contribution >= 4 is 22.9 Å². The Labute approximate surface area is 102 Å². The standard InChI is InChI=1S/C11H10ClFN2S/c12-10-6-5-9(16-10)11(15-14)7-3-1-2-4-8(7)13/h1-6,11,15H,14H2. The van der Waals surface area contributed by atoms with Gasteiger partial charge < -0.3 is 0 Å². The number of hydrazine groups is 1. The molecular formula is C11H10ClFN2S. The molecule has 5 heteroatoms. The molecule has 2 aromatic rings. The van der Waals surface area contributed by atoms with Crippen molar-refractivity contribution in [3.63, 3.8) is 0 Å². The third kappa shape index (κ3) is 2.25. The Balaban J connectivity index is 2.40. The fourth-order valence-corrected chi connectivity index (χ4v) is 2.66. The lowest BCUT2D eigenvalue weighted by Gasteiger charge is -2.15. The molecule has 0 aliphatic heterocycles. The summed E-state index contributed by atoms with van der Waals surface area (Å²) in [7, 11) is 0. The third-order valence-electron chi connectivity index (χ3n) is 2.26. The van der Waals surface area contributed by atoms with Crippen molar-refractivity contribution in [2.24, 2.45) is 5.84 Å². The molecule has 1 unspecified atom stereocenters. The Morgan fingerprint density at radius 1 is 1.25 bits per heavy atom. The molecule has 2 rings (SSSR count). The number of nitrogens with two attached hydrogens (primary N) is 1. The molecule has 1 aromatic heterocycles. The van der Waals surface area contributed by atoms with Crippen molar-refractivity contribution in [2.45, 2.75) is 6.04 Å². The molecule has 1 heterocycles. The lowest BCUT2D eigenvalue weighted by Crippen LogP contribution is -2.28. The van der Waals surface area contributed by atoms with Crippen LogP contribution in [0.4, 0.5) is 4.39 Å². The van der Waals surface area contributed by atoms with E-state index in [-0.39, 0.29) is 11.9 Å². The van der Waals surface area contributed by atoms with Crippen LogP contribution < -0.4 is 11.3 Å². The van der Waals surface area contributed by atoms with Crippen LogP contribution in [0.1, 0.15) is 16.5 Å². The van der Waals surface area contributed by atoms with E-state index in [9.17, 15) is 4.39 Å². The first-order chi connectivity index (χ1) is 7.72. The Bertz CT molecular complexity index is 486. The Morgan fingerprint density at radius 2 is 2.00 bits per heavy atom. The monoisotopic (exact) mass is 256 g/mol. The van der Waals surface area contributed by atoms with Crippen LogP contribution in [0.25, 0.3) is 0 Å². The number of thiophene rings is 1. The van der Waals surface area contributed by atoms with Crippen LogP contribution >= 0.6 is 22.9 Å². The highest BCUT2D eigenvalue weighted by molar-refractivity contribution is 7.16. The van der Waals surface area contributed by atoms with Crippen molar-refractivity contribution in [2.75, 3.05) is 0 Å². The molecule has 0 spiro atoms. The Hall–Kier alpha value is -0.940. The quantitative estimate of drug-likeness (QED) is 0.654. The van der Waals surface area contributed by atoms with E-state index in [1.165, 1.54) is 17.4 Å². The van der Waals surface area contributed by atoms with E-state index in [1.54, 1.807) is 24.3 Å². The molecule has 0 fully saturated rings. The highest BCUT2D eigenvalue weighted by atomic mass is 35.5. The summed E-state index contributed by atoms with van der Waals surface area (Å²) >= 11 is 7.23. The molecule has 0 aliphatic rings. The number of halogens is 2. The summed E-state index contributed by atoms with van der Waals surface area (Å²) in [6, 6.07) is 9.78. The molecule has 84 valence electrons. The first-order valence-electron chi connectivity index (χ1n) is 4.68. The number of nitrogens with one attached hydrogen (secondary N) is 1. The van der Waals surface area contributed by atoms with Gasteiger partial charge in [0.25, 0.3) is 0 Å². The molecule has 0 aliphatic carbocycles. The second-order valence-corrected chi connectivity index (χ2v) is 5.01. The van der Waals surface area contributed by atoms with Gasteiger partial charge in [0.15, 0.2) is 0 Å². The van der Waals surface area contributed by atoms with Gasteiger partial charge >= 0.3 is 0 Å². The van der Waals surface area contributed by atoms with E-state index in [4.69, 9.17) is 17.4 Å². The van der Waals surface area contributed by atoms with E-state index >= 15 is 0 Å². The van der Waals surface area contributed by atoms with E-state index in [0.29, 0.717) is 9.90 Å². The first kappa shape index (κ1) is 11.5. The largest absolute Gasteiger partial charge is 0.271 e. The molecule has 3 N–H and O–H groups in total. The average molecular weight is 257 g/mol. The average Bonchev–Trinajstić information content (AvgIpc) is 2.69. The van der Waals surface area contributed by atoms with Gasteiger partial charge in [-0.3, -0.25) is 5.84 Å². The zero-order valence-electron chi connectivity index (χ0n) is 8.28. The van der Waals surface area contributed by atoms with Crippen LogP contribution in [0, 0.1) is 5.82 Å². The summed E-state index contributed by atoms with van der Waals surface area (Å²) in [5.41, 5.74) is 3.12. The second-order valence-electron chi connectivity index (χ2n) is 3.26. The first-order valence-corrected chi connectivity index (χ1v) is 5.87. The van der Waals surface area contributed by atoms with Crippen LogP contribution in [-0.2, 0) is 0 Å². The molecule has 0 radical (unpaired) electrons. The molecular weight excluding hydrogens is 247 g/mol. The van der Waals surface area contributed by atoms with Gasteiger partial charge in [-0.25, -0.2) is 9.82 Å². The van der Waals surface area contributed by atoms with Crippen molar-refractivity contribution in [3.05, 3.63) is 57.0 Å². The van der Waals surface area contributed by atoms with Crippen LogP contribution in [0.3, 0.4) is 0 Å². The molecule has 0 amide bonds. The second kappa shape index (κ2) is 4.93. The minimum absolute atomic E-state index is 0.282. The number of benzene rings is 1. The highest BCUT2D eigenvalue weighted by Gasteiger charge is 2.17. The lowest BCUT2D eigenvalue weighted by molar-refractivity contribution is 0.564. The molecule has 2 nitrogen and oxygen atoms in total. The van der Waals surface area contributed by atoms with Crippen LogP contribution in [-0.4, -0.2) is 0 Å². The number of hydrogen-bond acceptors (Lipinski definition) is 3. The molecule has 0 saturated carbocycles. The predicted molar refractivity (Wildman–Crippen MR) is 64.9 cm³/mol. The van der Waals surface area contributed by atoms with Crippen LogP contribution in [0.5, 0.6) is 0 Å². The molecule has 1 atom stereocenters. The Morgan fingerprint density at radius 3 is 2.56 bits per heavy atom. The van der Waals surface area contributed by atoms with Crippen LogP contribution in [0.2, 0.25) is 4.34 Å². The van der Waals surface area contributed by atoms with Gasteiger partial charge in [0.2, 0.25) is 0 Å². The number of hydrogen-bond donors (Lipinski definition) is 2. The van der Waals surface area contributed by atoms with Gasteiger partial charge in [0.05, 0.1) is 10.4 Å². The molecule has 0 saturated heterocycles. The summed E-state index contributed by atoms with van der Waals surface area (Å²) in [4.78, 5) is 0.887. The zero-order chi connectivity index (χ0) is 11.5. The molecule has 1 aromatic carbocycles. The summed E-state index contributed by atoms with van der Waals surface area (Å²) in [6.07, 6.45) is 0. The summed E-state index contributed by atoms with van der Waals surface area (Å²) in [6.45, 7) is 0. The van der Waals surface area contributed by atoms with Crippen molar-refractivity contribution in [1.82, 2.24) is 5.43 Å². The van der Waals surface area contributed by atoms with Crippen molar-refractivity contribution in [1.29, 1.82) is 0 Å². The normalized spacial score (nSPS) is 12.7. The SMILES string of the molecule is NNC(c1ccc(Cl)s1)c1ccccc1F. The molecule has 0 bridgehead atoms. The van der Waals surface area contributed by atoms with Crippen LogP contribution in [0.15, 0.2) is 36.4 Å². The maximum Gasteiger partial charge on any atom is 0.128 e. The number of rotatable bonds is 3. The van der Waals surface area contributed by atoms with Crippen molar-refractivity contribution < 1.29 is 4.39 Å². The van der Waals surface area contributed by atoms with E-state index < -0.39 is 0 Å². The topological polar surface area (TPSA) is 38.0 Å². The predicted octanol–water partition coefficient (Wildman–Crippen LogP) is 3.09. The summed E-state index contributed by atoms with van der Waals surface area (Å²) < 4.78 is 14.3. The zero-order valence-corrected chi connectivity index (χ0v) is 9.86. The Kier molecular flexibility index (Phi) is 3.56. The van der Waals surface area contributed by atoms with E-state index in [2.05, 4.69) is 5.43 Å². The fourth-order valence-electron chi connectivity index (χ4n) is 1.52. The third-order valence-corrected chi connectivity index (χ3v) is 3.56. The minimum atomic E-state index is -0.362. The maximum atomic E-state index is 13.6. The molecule has 16 heavy (non-hydrogen) atoms.